The second-order valence-electron chi connectivity index (χ2n) is 3.95. The van der Waals surface area contributed by atoms with E-state index in [4.69, 9.17) is 9.84 Å². The number of pyridine rings is 1. The van der Waals surface area contributed by atoms with E-state index in [1.165, 1.54) is 12.4 Å². The van der Waals surface area contributed by atoms with Crippen LogP contribution in [0.5, 0.6) is 5.75 Å². The van der Waals surface area contributed by atoms with E-state index in [1.54, 1.807) is 12.1 Å². The Balaban J connectivity index is 2.47. The van der Waals surface area contributed by atoms with Gasteiger partial charge in [-0.2, -0.15) is 0 Å². The fourth-order valence-corrected chi connectivity index (χ4v) is 2.44. The Labute approximate surface area is 115 Å². The number of Topliss-reactive ketones (excluding diaryl/α,β-unsaturated/α-hetero) is 1. The Kier molecular flexibility index (Phi) is 5.59. The number of ketones is 1. The second kappa shape index (κ2) is 6.96. The molecular weight excluding hydrogens is 288 g/mol. The maximum atomic E-state index is 11.5. The van der Waals surface area contributed by atoms with Crippen LogP contribution >= 0.6 is 0 Å². The summed E-state index contributed by atoms with van der Waals surface area (Å²) in [6, 6.07) is 1.87. The Hall–Kier alpha value is -2.00. The summed E-state index contributed by atoms with van der Waals surface area (Å²) in [6.45, 7) is 0.727. The first-order valence-corrected chi connectivity index (χ1v) is 7.23. The van der Waals surface area contributed by atoms with Gasteiger partial charge in [-0.25, -0.2) is 13.1 Å². The molecule has 1 aromatic rings. The molecule has 0 bridgehead atoms. The molecule has 1 heterocycles. The average molecular weight is 302 g/mol. The van der Waals surface area contributed by atoms with Gasteiger partial charge in [-0.05, 0) is 19.1 Å². The first-order valence-electron chi connectivity index (χ1n) is 5.57. The van der Waals surface area contributed by atoms with Gasteiger partial charge in [0.25, 0.3) is 0 Å². The highest BCUT2D eigenvalue weighted by Gasteiger charge is 2.22. The molecule has 8 nitrogen and oxygen atoms in total. The lowest BCUT2D eigenvalue weighted by Crippen LogP contribution is -2.41. The van der Waals surface area contributed by atoms with Crippen molar-refractivity contribution in [3.63, 3.8) is 0 Å². The predicted octanol–water partition coefficient (Wildman–Crippen LogP) is -0.578. The Bertz CT molecular complexity index is 572. The van der Waals surface area contributed by atoms with Crippen molar-refractivity contribution in [2.75, 3.05) is 12.4 Å². The van der Waals surface area contributed by atoms with Crippen LogP contribution < -0.4 is 9.46 Å². The number of nitrogens with zero attached hydrogens (tertiary/aromatic N) is 1. The van der Waals surface area contributed by atoms with Crippen LogP contribution in [0.4, 0.5) is 0 Å². The molecule has 0 amide bonds. The van der Waals surface area contributed by atoms with Crippen LogP contribution in [-0.4, -0.2) is 48.7 Å². The molecule has 9 heteroatoms. The molecule has 1 rings (SSSR count). The summed E-state index contributed by atoms with van der Waals surface area (Å²) in [5, 5.41) is 8.59. The third-order valence-electron chi connectivity index (χ3n) is 2.11. The van der Waals surface area contributed by atoms with E-state index in [-0.39, 0.29) is 0 Å². The predicted molar refractivity (Wildman–Crippen MR) is 68.8 cm³/mol. The van der Waals surface area contributed by atoms with Crippen molar-refractivity contribution in [2.45, 2.75) is 13.0 Å². The van der Waals surface area contributed by atoms with E-state index in [9.17, 15) is 18.0 Å². The van der Waals surface area contributed by atoms with E-state index < -0.39 is 40.2 Å². The lowest BCUT2D eigenvalue weighted by atomic mass is 10.4. The van der Waals surface area contributed by atoms with Crippen molar-refractivity contribution in [1.29, 1.82) is 0 Å². The van der Waals surface area contributed by atoms with Crippen LogP contribution in [0.2, 0.25) is 0 Å². The number of nitrogens with one attached hydrogen (secondary N) is 1. The molecule has 20 heavy (non-hydrogen) atoms. The van der Waals surface area contributed by atoms with Gasteiger partial charge in [-0.3, -0.25) is 14.6 Å². The lowest BCUT2D eigenvalue weighted by molar-refractivity contribution is -0.138. The van der Waals surface area contributed by atoms with E-state index in [0.29, 0.717) is 5.75 Å². The van der Waals surface area contributed by atoms with Crippen molar-refractivity contribution >= 4 is 21.8 Å². The minimum Gasteiger partial charge on any atom is -0.484 e. The van der Waals surface area contributed by atoms with Crippen LogP contribution in [0, 0.1) is 0 Å². The topological polar surface area (TPSA) is 123 Å². The van der Waals surface area contributed by atoms with E-state index in [2.05, 4.69) is 4.98 Å². The number of aromatic nitrogens is 1. The quantitative estimate of drug-likeness (QED) is 0.658. The van der Waals surface area contributed by atoms with Gasteiger partial charge in [-0.1, -0.05) is 0 Å². The number of carboxylic acid groups (broad SMARTS) is 1. The maximum Gasteiger partial charge on any atom is 0.321 e. The number of aliphatic carboxylic acids is 1. The molecule has 0 saturated carbocycles. The number of hydrogen-bond donors (Lipinski definition) is 2. The van der Waals surface area contributed by atoms with Gasteiger partial charge in [0.15, 0.2) is 5.78 Å². The van der Waals surface area contributed by atoms with Crippen LogP contribution in [0.3, 0.4) is 0 Å². The van der Waals surface area contributed by atoms with Gasteiger partial charge >= 0.3 is 5.97 Å². The van der Waals surface area contributed by atoms with Crippen molar-refractivity contribution in [3.05, 3.63) is 24.5 Å². The normalized spacial score (nSPS) is 12.7. The van der Waals surface area contributed by atoms with Gasteiger partial charge in [0.1, 0.15) is 24.2 Å². The van der Waals surface area contributed by atoms with Crippen molar-refractivity contribution in [3.8, 4) is 5.75 Å². The zero-order valence-corrected chi connectivity index (χ0v) is 11.5. The zero-order chi connectivity index (χ0) is 15.2. The number of rotatable bonds is 8. The highest BCUT2D eigenvalue weighted by atomic mass is 32.2. The summed E-state index contributed by atoms with van der Waals surface area (Å²) in [5.74, 6) is -2.53. The smallest absolute Gasteiger partial charge is 0.321 e. The SMILES string of the molecule is C[C@H](NS(=O)(=O)CC(=O)COc1cccnc1)C(=O)O. The Morgan fingerprint density at radius 2 is 2.20 bits per heavy atom. The maximum absolute atomic E-state index is 11.5. The van der Waals surface area contributed by atoms with Crippen LogP contribution in [0.25, 0.3) is 0 Å². The Morgan fingerprint density at radius 3 is 2.75 bits per heavy atom. The minimum absolute atomic E-state index is 0.338. The molecule has 0 saturated heterocycles. The highest BCUT2D eigenvalue weighted by Crippen LogP contribution is 2.05. The Morgan fingerprint density at radius 1 is 1.50 bits per heavy atom. The molecule has 0 fully saturated rings. The zero-order valence-electron chi connectivity index (χ0n) is 10.6. The molecule has 1 aromatic heterocycles. The van der Waals surface area contributed by atoms with Gasteiger partial charge in [-0.15, -0.1) is 0 Å². The first kappa shape index (κ1) is 16.1. The molecule has 2 N–H and O–H groups in total. The van der Waals surface area contributed by atoms with E-state index >= 15 is 0 Å². The summed E-state index contributed by atoms with van der Waals surface area (Å²) in [5.41, 5.74) is 0. The van der Waals surface area contributed by atoms with Crippen molar-refractivity contribution in [2.24, 2.45) is 0 Å². The fourth-order valence-electron chi connectivity index (χ4n) is 1.21. The van der Waals surface area contributed by atoms with Gasteiger partial charge < -0.3 is 9.84 Å². The molecular formula is C11H14N2O6S. The number of hydrogen-bond acceptors (Lipinski definition) is 6. The first-order chi connectivity index (χ1) is 9.30. The third-order valence-corrected chi connectivity index (χ3v) is 3.53. The molecule has 1 atom stereocenters. The molecule has 0 aliphatic rings. The monoisotopic (exact) mass is 302 g/mol. The van der Waals surface area contributed by atoms with Crippen LogP contribution in [0.15, 0.2) is 24.5 Å². The minimum atomic E-state index is -4.01. The summed E-state index contributed by atoms with van der Waals surface area (Å²) in [7, 11) is -4.01. The molecule has 0 unspecified atom stereocenters. The molecule has 0 spiro atoms. The van der Waals surface area contributed by atoms with E-state index in [0.717, 1.165) is 6.92 Å². The summed E-state index contributed by atoms with van der Waals surface area (Å²) >= 11 is 0. The third kappa shape index (κ3) is 5.76. The van der Waals surface area contributed by atoms with Crippen molar-refractivity contribution < 1.29 is 27.9 Å². The number of sulfonamides is 1. The number of carbonyl (C=O) groups excluding carboxylic acids is 1. The van der Waals surface area contributed by atoms with E-state index in [1.807, 2.05) is 4.72 Å². The standard InChI is InChI=1S/C11H14N2O6S/c1-8(11(15)16)13-20(17,18)7-9(14)6-19-10-3-2-4-12-5-10/h2-5,8,13H,6-7H2,1H3,(H,15,16)/t8-/m0/s1. The van der Waals surface area contributed by atoms with Gasteiger partial charge in [0, 0.05) is 6.20 Å². The summed E-state index contributed by atoms with van der Waals surface area (Å²) in [6.07, 6.45) is 2.91. The molecule has 110 valence electrons. The van der Waals surface area contributed by atoms with Crippen LogP contribution in [-0.2, 0) is 19.6 Å². The average Bonchev–Trinajstić information content (AvgIpc) is 2.36. The largest absolute Gasteiger partial charge is 0.484 e. The summed E-state index contributed by atoms with van der Waals surface area (Å²) in [4.78, 5) is 25.8. The fraction of sp³-hybridized carbons (Fsp3) is 0.364. The number of carbonyl (C=O) groups is 2. The van der Waals surface area contributed by atoms with Gasteiger partial charge in [0.2, 0.25) is 10.0 Å². The highest BCUT2D eigenvalue weighted by molar-refractivity contribution is 7.90. The van der Waals surface area contributed by atoms with Crippen LogP contribution in [0.1, 0.15) is 6.92 Å². The molecule has 0 aliphatic heterocycles. The molecule has 0 aliphatic carbocycles. The summed E-state index contributed by atoms with van der Waals surface area (Å²) < 4.78 is 29.9. The number of carboxylic acids is 1. The lowest BCUT2D eigenvalue weighted by Gasteiger charge is -2.10. The second-order valence-corrected chi connectivity index (χ2v) is 5.71. The van der Waals surface area contributed by atoms with Gasteiger partial charge in [0.05, 0.1) is 6.20 Å². The molecule has 0 radical (unpaired) electrons. The molecule has 0 aromatic carbocycles. The number of ether oxygens (including phenoxy) is 1. The van der Waals surface area contributed by atoms with Crippen molar-refractivity contribution in [1.82, 2.24) is 9.71 Å².